The highest BCUT2D eigenvalue weighted by Gasteiger charge is 2.15. The number of rotatable bonds is 5. The molecule has 3 aromatic heterocycles. The molecule has 160 valence electrons. The third-order valence-corrected chi connectivity index (χ3v) is 5.28. The molecule has 0 amide bonds. The van der Waals surface area contributed by atoms with Crippen LogP contribution in [0.2, 0.25) is 0 Å². The minimum Gasteiger partial charge on any atom is -0.250 e. The van der Waals surface area contributed by atoms with Gasteiger partial charge in [0.05, 0.1) is 24.1 Å². The number of nitrogens with zero attached hydrogens (tertiary/aromatic N) is 6. The zero-order valence-corrected chi connectivity index (χ0v) is 18.0. The molecule has 1 aromatic carbocycles. The summed E-state index contributed by atoms with van der Waals surface area (Å²) in [6.45, 7) is 2.30. The molecule has 31 heavy (non-hydrogen) atoms. The first-order chi connectivity index (χ1) is 14.7. The van der Waals surface area contributed by atoms with Crippen molar-refractivity contribution in [3.05, 3.63) is 65.7 Å². The second kappa shape index (κ2) is 8.10. The highest BCUT2D eigenvalue weighted by Crippen LogP contribution is 2.26. The van der Waals surface area contributed by atoms with Gasteiger partial charge in [0.2, 0.25) is 0 Å². The van der Waals surface area contributed by atoms with Crippen LogP contribution in [0, 0.1) is 6.92 Å². The van der Waals surface area contributed by atoms with Crippen LogP contribution in [0.1, 0.15) is 23.2 Å². The number of aromatic nitrogens is 5. The Morgan fingerprint density at radius 1 is 1.06 bits per heavy atom. The number of fused-ring (bicyclic) bond motifs is 1. The highest BCUT2D eigenvalue weighted by molar-refractivity contribution is 7.92. The van der Waals surface area contributed by atoms with E-state index in [1.165, 1.54) is 23.0 Å². The summed E-state index contributed by atoms with van der Waals surface area (Å²) in [5.41, 5.74) is 4.55. The monoisotopic (exact) mass is 442 g/mol. The van der Waals surface area contributed by atoms with Crippen molar-refractivity contribution in [2.75, 3.05) is 12.5 Å². The molecule has 0 bridgehead atoms. The van der Waals surface area contributed by atoms with Crippen molar-refractivity contribution >= 4 is 15.4 Å². The third-order valence-electron chi connectivity index (χ3n) is 4.53. The van der Waals surface area contributed by atoms with Gasteiger partial charge in [-0.3, -0.25) is 4.21 Å². The first kappa shape index (κ1) is 21.0. The number of benzene rings is 1. The van der Waals surface area contributed by atoms with Crippen molar-refractivity contribution < 1.29 is 13.0 Å². The molecule has 0 aliphatic rings. The number of hydrogen-bond donors (Lipinski definition) is 0. The smallest absolute Gasteiger partial charge is 0.250 e. The third kappa shape index (κ3) is 4.74. The minimum atomic E-state index is -2.68. The lowest BCUT2D eigenvalue weighted by Gasteiger charge is -2.08. The Bertz CT molecular complexity index is 1380. The van der Waals surface area contributed by atoms with Crippen LogP contribution in [-0.2, 0) is 16.3 Å². The van der Waals surface area contributed by atoms with E-state index in [4.69, 9.17) is 0 Å². The standard InChI is InChI=1S/C21H20F2N6OS/c1-13-6-14(10-27-31(2,3)30)8-15(7-13)17-9-18(26-12-25-17)19-11-24-20-5-4-16(21(22)23)28-29(19)20/h4-9,11-12,21H,10H2,1-3H3. The lowest BCUT2D eigenvalue weighted by molar-refractivity contribution is 0.144. The summed E-state index contributed by atoms with van der Waals surface area (Å²) < 4.78 is 43.7. The Morgan fingerprint density at radius 2 is 1.84 bits per heavy atom. The maximum Gasteiger partial charge on any atom is 0.282 e. The molecule has 4 aromatic rings. The van der Waals surface area contributed by atoms with Gasteiger partial charge >= 0.3 is 0 Å². The van der Waals surface area contributed by atoms with Crippen molar-refractivity contribution in [2.45, 2.75) is 19.9 Å². The topological polar surface area (TPSA) is 85.4 Å². The molecular formula is C21H20F2N6OS. The van der Waals surface area contributed by atoms with Gasteiger partial charge in [0.25, 0.3) is 6.43 Å². The summed E-state index contributed by atoms with van der Waals surface area (Å²) in [6.07, 6.45) is 3.48. The van der Waals surface area contributed by atoms with E-state index in [0.717, 1.165) is 16.7 Å². The van der Waals surface area contributed by atoms with Gasteiger partial charge in [0.15, 0.2) is 5.65 Å². The van der Waals surface area contributed by atoms with Crippen LogP contribution in [0.5, 0.6) is 0 Å². The summed E-state index contributed by atoms with van der Waals surface area (Å²) >= 11 is 0. The second-order valence-corrected chi connectivity index (χ2v) is 10.1. The molecule has 0 unspecified atom stereocenters. The molecule has 10 heteroatoms. The van der Waals surface area contributed by atoms with Crippen molar-refractivity contribution in [3.63, 3.8) is 0 Å². The molecule has 0 saturated heterocycles. The first-order valence-corrected chi connectivity index (χ1v) is 11.7. The molecular weight excluding hydrogens is 422 g/mol. The number of aryl methyl sites for hydroxylation is 1. The van der Waals surface area contributed by atoms with Crippen LogP contribution in [0.4, 0.5) is 8.78 Å². The molecule has 0 aliphatic heterocycles. The van der Waals surface area contributed by atoms with E-state index in [2.05, 4.69) is 24.4 Å². The SMILES string of the molecule is Cc1cc(CN=S(C)(C)=O)cc(-c2cc(-c3cnc4ccc(C(F)F)nn34)ncn2)c1. The van der Waals surface area contributed by atoms with Gasteiger partial charge < -0.3 is 0 Å². The van der Waals surface area contributed by atoms with Crippen LogP contribution in [-0.4, -0.2) is 41.3 Å². The number of halogens is 2. The minimum absolute atomic E-state index is 0.337. The zero-order valence-electron chi connectivity index (χ0n) is 17.2. The molecule has 0 radical (unpaired) electrons. The molecule has 4 rings (SSSR count). The van der Waals surface area contributed by atoms with Crippen molar-refractivity contribution in [1.82, 2.24) is 24.6 Å². The first-order valence-electron chi connectivity index (χ1n) is 9.39. The Kier molecular flexibility index (Phi) is 5.48. The molecule has 3 heterocycles. The quantitative estimate of drug-likeness (QED) is 0.459. The summed E-state index contributed by atoms with van der Waals surface area (Å²) in [5.74, 6) is 0. The number of hydrogen-bond acceptors (Lipinski definition) is 6. The van der Waals surface area contributed by atoms with Crippen LogP contribution in [0.3, 0.4) is 0 Å². The van der Waals surface area contributed by atoms with Crippen molar-refractivity contribution in [2.24, 2.45) is 4.36 Å². The zero-order chi connectivity index (χ0) is 22.2. The highest BCUT2D eigenvalue weighted by atomic mass is 32.2. The Balaban J connectivity index is 1.76. The van der Waals surface area contributed by atoms with Crippen molar-refractivity contribution in [1.29, 1.82) is 0 Å². The molecule has 0 saturated carbocycles. The molecule has 0 N–H and O–H groups in total. The van der Waals surface area contributed by atoms with Crippen LogP contribution in [0.15, 0.2) is 53.3 Å². The lowest BCUT2D eigenvalue weighted by Crippen LogP contribution is -2.01. The summed E-state index contributed by atoms with van der Waals surface area (Å²) in [4.78, 5) is 12.9. The maximum absolute atomic E-state index is 13.1. The molecule has 0 fully saturated rings. The van der Waals surface area contributed by atoms with Gasteiger partial charge in [0.1, 0.15) is 17.7 Å². The maximum atomic E-state index is 13.1. The predicted octanol–water partition coefficient (Wildman–Crippen LogP) is 4.33. The van der Waals surface area contributed by atoms with Crippen LogP contribution in [0.25, 0.3) is 28.3 Å². The van der Waals surface area contributed by atoms with Crippen molar-refractivity contribution in [3.8, 4) is 22.6 Å². The van der Waals surface area contributed by atoms with E-state index >= 15 is 0 Å². The van der Waals surface area contributed by atoms with Gasteiger partial charge in [-0.25, -0.2) is 32.6 Å². The Hall–Kier alpha value is -3.27. The van der Waals surface area contributed by atoms with E-state index in [-0.39, 0.29) is 5.69 Å². The average molecular weight is 442 g/mol. The number of alkyl halides is 2. The Labute approximate surface area is 178 Å². The van der Waals surface area contributed by atoms with E-state index in [0.29, 0.717) is 29.3 Å². The van der Waals surface area contributed by atoms with E-state index < -0.39 is 16.2 Å². The van der Waals surface area contributed by atoms with E-state index in [1.54, 1.807) is 24.8 Å². The molecule has 0 spiro atoms. The van der Waals surface area contributed by atoms with Gasteiger partial charge in [0, 0.05) is 27.8 Å². The van der Waals surface area contributed by atoms with Gasteiger partial charge in [-0.2, -0.15) is 5.10 Å². The van der Waals surface area contributed by atoms with E-state index in [1.807, 2.05) is 25.1 Å². The molecule has 7 nitrogen and oxygen atoms in total. The summed E-state index contributed by atoms with van der Waals surface area (Å²) in [5, 5.41) is 3.99. The lowest BCUT2D eigenvalue weighted by atomic mass is 10.0. The van der Waals surface area contributed by atoms with Crippen LogP contribution >= 0.6 is 0 Å². The normalized spacial score (nSPS) is 11.9. The van der Waals surface area contributed by atoms with Gasteiger partial charge in [-0.05, 0) is 42.8 Å². The fraction of sp³-hybridized carbons (Fsp3) is 0.238. The number of imidazole rings is 1. The average Bonchev–Trinajstić information content (AvgIpc) is 3.15. The van der Waals surface area contributed by atoms with E-state index in [9.17, 15) is 13.0 Å². The summed E-state index contributed by atoms with van der Waals surface area (Å²) in [6, 6.07) is 10.4. The van der Waals surface area contributed by atoms with Gasteiger partial charge in [-0.15, -0.1) is 0 Å². The molecule has 0 atom stereocenters. The largest absolute Gasteiger partial charge is 0.282 e. The molecule has 0 aliphatic carbocycles. The summed E-state index contributed by atoms with van der Waals surface area (Å²) in [7, 11) is -2.20. The van der Waals surface area contributed by atoms with Gasteiger partial charge in [-0.1, -0.05) is 11.6 Å². The predicted molar refractivity (Wildman–Crippen MR) is 115 cm³/mol. The fourth-order valence-electron chi connectivity index (χ4n) is 3.17. The Morgan fingerprint density at radius 3 is 2.58 bits per heavy atom. The second-order valence-electron chi connectivity index (χ2n) is 7.44. The van der Waals surface area contributed by atoms with Crippen LogP contribution < -0.4 is 0 Å². The fourth-order valence-corrected chi connectivity index (χ4v) is 3.63.